The number of anilines is 3. The fourth-order valence-corrected chi connectivity index (χ4v) is 1.42. The summed E-state index contributed by atoms with van der Waals surface area (Å²) in [5.41, 5.74) is 5.64. The predicted octanol–water partition coefficient (Wildman–Crippen LogP) is 0.564. The zero-order valence-corrected chi connectivity index (χ0v) is 12.2. The predicted molar refractivity (Wildman–Crippen MR) is 80.8 cm³/mol. The molecule has 0 unspecified atom stereocenters. The molecular weight excluding hydrogens is 258 g/mol. The number of rotatable bonds is 7. The maximum atomic E-state index is 11.3. The lowest BCUT2D eigenvalue weighted by atomic mass is 10.4. The van der Waals surface area contributed by atoms with E-state index in [-0.39, 0.29) is 12.0 Å². The van der Waals surface area contributed by atoms with E-state index in [0.717, 1.165) is 13.0 Å². The molecule has 0 bridgehead atoms. The molecule has 1 aromatic rings. The van der Waals surface area contributed by atoms with E-state index in [1.807, 2.05) is 0 Å². The van der Waals surface area contributed by atoms with Gasteiger partial charge in [-0.25, -0.2) is 4.79 Å². The summed E-state index contributed by atoms with van der Waals surface area (Å²) >= 11 is 0. The number of nitrogens with two attached hydrogens (primary N) is 1. The highest BCUT2D eigenvalue weighted by Crippen LogP contribution is 2.11. The third-order valence-electron chi connectivity index (χ3n) is 2.41. The Morgan fingerprint density at radius 2 is 1.80 bits per heavy atom. The summed E-state index contributed by atoms with van der Waals surface area (Å²) in [6.07, 6.45) is 1.00. The molecule has 0 saturated carbocycles. The summed E-state index contributed by atoms with van der Waals surface area (Å²) in [5.74, 6) is 1.54. The van der Waals surface area contributed by atoms with Crippen LogP contribution in [0, 0.1) is 0 Å². The van der Waals surface area contributed by atoms with Crippen LogP contribution in [0.2, 0.25) is 0 Å². The van der Waals surface area contributed by atoms with Crippen molar-refractivity contribution in [3.05, 3.63) is 6.07 Å². The van der Waals surface area contributed by atoms with Gasteiger partial charge in [-0.3, -0.25) is 0 Å². The van der Waals surface area contributed by atoms with E-state index < -0.39 is 0 Å². The first-order valence-electron chi connectivity index (χ1n) is 6.60. The molecule has 0 radical (unpaired) electrons. The lowest BCUT2D eigenvalue weighted by Gasteiger charge is -2.13. The van der Waals surface area contributed by atoms with E-state index in [0.29, 0.717) is 24.7 Å². The smallest absolute Gasteiger partial charge is 0.316 e. The number of amides is 2. The van der Waals surface area contributed by atoms with Crippen molar-refractivity contribution in [2.45, 2.75) is 13.3 Å². The molecule has 0 aromatic carbocycles. The van der Waals surface area contributed by atoms with E-state index in [1.165, 1.54) is 4.90 Å². The summed E-state index contributed by atoms with van der Waals surface area (Å²) in [4.78, 5) is 21.0. The molecule has 0 spiro atoms. The number of carbonyl (C=O) groups excluding carboxylic acids is 1. The first-order chi connectivity index (χ1) is 9.52. The Bertz CT molecular complexity index is 436. The lowest BCUT2D eigenvalue weighted by Crippen LogP contribution is -2.37. The van der Waals surface area contributed by atoms with Gasteiger partial charge in [-0.15, -0.1) is 0 Å². The zero-order valence-electron chi connectivity index (χ0n) is 12.2. The van der Waals surface area contributed by atoms with Gasteiger partial charge >= 0.3 is 6.03 Å². The molecule has 1 rings (SSSR count). The van der Waals surface area contributed by atoms with E-state index in [9.17, 15) is 4.79 Å². The van der Waals surface area contributed by atoms with Crippen LogP contribution in [0.1, 0.15) is 13.3 Å². The number of urea groups is 1. The SMILES string of the molecule is CCCNc1cc(NCCNC(=O)N(C)C)nc(N)n1. The minimum atomic E-state index is -0.126. The molecule has 8 heteroatoms. The molecule has 5 N–H and O–H groups in total. The number of nitrogen functional groups attached to an aromatic ring is 1. The van der Waals surface area contributed by atoms with Crippen molar-refractivity contribution in [1.82, 2.24) is 20.2 Å². The first kappa shape index (κ1) is 15.8. The topological polar surface area (TPSA) is 108 Å². The average Bonchev–Trinajstić information content (AvgIpc) is 2.40. The lowest BCUT2D eigenvalue weighted by molar-refractivity contribution is 0.218. The van der Waals surface area contributed by atoms with E-state index in [2.05, 4.69) is 32.8 Å². The van der Waals surface area contributed by atoms with Gasteiger partial charge in [0.2, 0.25) is 5.95 Å². The second-order valence-electron chi connectivity index (χ2n) is 4.48. The number of hydrogen-bond donors (Lipinski definition) is 4. The molecule has 0 aliphatic heterocycles. The minimum Gasteiger partial charge on any atom is -0.370 e. The summed E-state index contributed by atoms with van der Waals surface area (Å²) in [5, 5.41) is 8.99. The van der Waals surface area contributed by atoms with E-state index in [4.69, 9.17) is 5.73 Å². The van der Waals surface area contributed by atoms with Gasteiger partial charge in [0, 0.05) is 39.8 Å². The van der Waals surface area contributed by atoms with Crippen molar-refractivity contribution < 1.29 is 4.79 Å². The summed E-state index contributed by atoms with van der Waals surface area (Å²) in [6.45, 7) is 3.96. The molecule has 0 aliphatic carbocycles. The fourth-order valence-electron chi connectivity index (χ4n) is 1.42. The Hall–Kier alpha value is -2.25. The largest absolute Gasteiger partial charge is 0.370 e. The Balaban J connectivity index is 2.43. The second-order valence-corrected chi connectivity index (χ2v) is 4.48. The van der Waals surface area contributed by atoms with Crippen molar-refractivity contribution in [2.75, 3.05) is 50.1 Å². The number of aromatic nitrogens is 2. The fraction of sp³-hybridized carbons (Fsp3) is 0.583. The molecular formula is C12H23N7O. The zero-order chi connectivity index (χ0) is 15.0. The number of hydrogen-bond acceptors (Lipinski definition) is 6. The van der Waals surface area contributed by atoms with Crippen molar-refractivity contribution in [2.24, 2.45) is 0 Å². The van der Waals surface area contributed by atoms with Crippen LogP contribution >= 0.6 is 0 Å². The van der Waals surface area contributed by atoms with Gasteiger partial charge in [0.05, 0.1) is 0 Å². The minimum absolute atomic E-state index is 0.126. The van der Waals surface area contributed by atoms with Gasteiger partial charge in [0.15, 0.2) is 0 Å². The van der Waals surface area contributed by atoms with Gasteiger partial charge in [-0.2, -0.15) is 9.97 Å². The first-order valence-corrected chi connectivity index (χ1v) is 6.60. The summed E-state index contributed by atoms with van der Waals surface area (Å²) < 4.78 is 0. The normalized spacial score (nSPS) is 9.95. The third kappa shape index (κ3) is 5.59. The van der Waals surface area contributed by atoms with Crippen molar-refractivity contribution in [3.8, 4) is 0 Å². The molecule has 8 nitrogen and oxygen atoms in total. The maximum absolute atomic E-state index is 11.3. The Morgan fingerprint density at radius 3 is 2.35 bits per heavy atom. The van der Waals surface area contributed by atoms with Gasteiger partial charge in [0.1, 0.15) is 11.6 Å². The average molecular weight is 281 g/mol. The van der Waals surface area contributed by atoms with E-state index in [1.54, 1.807) is 20.2 Å². The molecule has 0 aliphatic rings. The van der Waals surface area contributed by atoms with Gasteiger partial charge in [-0.05, 0) is 6.42 Å². The summed E-state index contributed by atoms with van der Waals surface area (Å²) in [6, 6.07) is 1.67. The van der Waals surface area contributed by atoms with Gasteiger partial charge in [-0.1, -0.05) is 6.92 Å². The van der Waals surface area contributed by atoms with E-state index >= 15 is 0 Å². The molecule has 1 heterocycles. The Labute approximate surface area is 119 Å². The molecule has 112 valence electrons. The third-order valence-corrected chi connectivity index (χ3v) is 2.41. The van der Waals surface area contributed by atoms with Crippen molar-refractivity contribution in [1.29, 1.82) is 0 Å². The van der Waals surface area contributed by atoms with Crippen LogP contribution in [0.4, 0.5) is 22.4 Å². The van der Waals surface area contributed by atoms with Crippen LogP contribution in [-0.2, 0) is 0 Å². The van der Waals surface area contributed by atoms with Crippen LogP contribution < -0.4 is 21.7 Å². The monoisotopic (exact) mass is 281 g/mol. The van der Waals surface area contributed by atoms with Crippen LogP contribution in [-0.4, -0.2) is 54.6 Å². The molecule has 0 fully saturated rings. The van der Waals surface area contributed by atoms with Crippen LogP contribution in [0.5, 0.6) is 0 Å². The highest BCUT2D eigenvalue weighted by molar-refractivity contribution is 5.73. The highest BCUT2D eigenvalue weighted by atomic mass is 16.2. The molecule has 1 aromatic heterocycles. The Kier molecular flexibility index (Phi) is 6.34. The molecule has 2 amide bonds. The van der Waals surface area contributed by atoms with Crippen LogP contribution in [0.15, 0.2) is 6.07 Å². The highest BCUT2D eigenvalue weighted by Gasteiger charge is 2.03. The summed E-state index contributed by atoms with van der Waals surface area (Å²) in [7, 11) is 3.39. The molecule has 0 atom stereocenters. The standard InChI is InChI=1S/C12H23N7O/c1-4-5-14-9-8-10(18-11(13)17-9)15-6-7-16-12(20)19(2)3/h8H,4-7H2,1-3H3,(H,16,20)(H4,13,14,15,17,18). The maximum Gasteiger partial charge on any atom is 0.316 e. The number of nitrogens with one attached hydrogen (secondary N) is 3. The van der Waals surface area contributed by atoms with Crippen molar-refractivity contribution in [3.63, 3.8) is 0 Å². The molecule has 20 heavy (non-hydrogen) atoms. The number of carbonyl (C=O) groups is 1. The second kappa shape index (κ2) is 8.03. The van der Waals surface area contributed by atoms with Crippen molar-refractivity contribution >= 4 is 23.6 Å². The van der Waals surface area contributed by atoms with Gasteiger partial charge < -0.3 is 26.6 Å². The molecule has 0 saturated heterocycles. The van der Waals surface area contributed by atoms with Gasteiger partial charge in [0.25, 0.3) is 0 Å². The Morgan fingerprint density at radius 1 is 1.20 bits per heavy atom. The number of nitrogens with zero attached hydrogens (tertiary/aromatic N) is 3. The quantitative estimate of drug-likeness (QED) is 0.544. The van der Waals surface area contributed by atoms with Crippen LogP contribution in [0.3, 0.4) is 0 Å². The van der Waals surface area contributed by atoms with Crippen LogP contribution in [0.25, 0.3) is 0 Å².